The SMILES string of the molecule is COC(=O)C1(c2nc(C3CCOC3)no2)CC1. The second-order valence-electron chi connectivity index (χ2n) is 4.59. The van der Waals surface area contributed by atoms with Crippen molar-refractivity contribution in [3.8, 4) is 0 Å². The lowest BCUT2D eigenvalue weighted by Gasteiger charge is -2.06. The first-order valence-electron chi connectivity index (χ1n) is 5.76. The summed E-state index contributed by atoms with van der Waals surface area (Å²) in [6.07, 6.45) is 2.36. The van der Waals surface area contributed by atoms with Gasteiger partial charge in [0.15, 0.2) is 5.82 Å². The van der Waals surface area contributed by atoms with Gasteiger partial charge in [0.1, 0.15) is 5.41 Å². The summed E-state index contributed by atoms with van der Waals surface area (Å²) in [5.74, 6) is 0.954. The highest BCUT2D eigenvalue weighted by molar-refractivity contribution is 5.85. The van der Waals surface area contributed by atoms with Crippen LogP contribution >= 0.6 is 0 Å². The maximum atomic E-state index is 11.7. The molecule has 1 aliphatic heterocycles. The van der Waals surface area contributed by atoms with Crippen molar-refractivity contribution in [2.24, 2.45) is 0 Å². The Labute approximate surface area is 98.3 Å². The fourth-order valence-electron chi connectivity index (χ4n) is 2.16. The van der Waals surface area contributed by atoms with Gasteiger partial charge in [-0.1, -0.05) is 5.16 Å². The second kappa shape index (κ2) is 3.80. The minimum absolute atomic E-state index is 0.195. The molecular formula is C11H14N2O4. The van der Waals surface area contributed by atoms with Crippen LogP contribution in [0, 0.1) is 0 Å². The standard InChI is InChI=1S/C11H14N2O4/c1-15-10(14)11(3-4-11)9-12-8(13-17-9)7-2-5-16-6-7/h7H,2-6H2,1H3. The van der Waals surface area contributed by atoms with E-state index in [0.29, 0.717) is 18.3 Å². The van der Waals surface area contributed by atoms with Gasteiger partial charge in [-0.15, -0.1) is 0 Å². The number of aromatic nitrogens is 2. The molecule has 1 atom stereocenters. The number of hydrogen-bond donors (Lipinski definition) is 0. The molecule has 1 saturated heterocycles. The Morgan fingerprint density at radius 2 is 2.35 bits per heavy atom. The highest BCUT2D eigenvalue weighted by Gasteiger charge is 2.57. The van der Waals surface area contributed by atoms with E-state index < -0.39 is 5.41 Å². The van der Waals surface area contributed by atoms with Crippen LogP contribution in [0.4, 0.5) is 0 Å². The largest absolute Gasteiger partial charge is 0.468 e. The zero-order valence-corrected chi connectivity index (χ0v) is 9.64. The summed E-state index contributed by atoms with van der Waals surface area (Å²) in [4.78, 5) is 16.0. The van der Waals surface area contributed by atoms with Gasteiger partial charge in [0.05, 0.1) is 13.7 Å². The number of methoxy groups -OCH3 is 1. The van der Waals surface area contributed by atoms with Gasteiger partial charge in [-0.3, -0.25) is 4.79 Å². The number of ether oxygens (including phenoxy) is 2. The zero-order chi connectivity index (χ0) is 11.9. The van der Waals surface area contributed by atoms with Crippen molar-refractivity contribution in [1.29, 1.82) is 0 Å². The van der Waals surface area contributed by atoms with Crippen molar-refractivity contribution in [1.82, 2.24) is 10.1 Å². The van der Waals surface area contributed by atoms with Crippen LogP contribution in [0.15, 0.2) is 4.52 Å². The number of carbonyl (C=O) groups excluding carboxylic acids is 1. The molecule has 17 heavy (non-hydrogen) atoms. The first-order valence-corrected chi connectivity index (χ1v) is 5.76. The van der Waals surface area contributed by atoms with Crippen LogP contribution in [0.2, 0.25) is 0 Å². The molecule has 2 fully saturated rings. The molecular weight excluding hydrogens is 224 g/mol. The zero-order valence-electron chi connectivity index (χ0n) is 9.64. The van der Waals surface area contributed by atoms with Gasteiger partial charge in [-0.2, -0.15) is 4.98 Å². The Kier molecular flexibility index (Phi) is 2.39. The molecule has 2 heterocycles. The van der Waals surface area contributed by atoms with Crippen molar-refractivity contribution < 1.29 is 18.8 Å². The highest BCUT2D eigenvalue weighted by atomic mass is 16.5. The van der Waals surface area contributed by atoms with Crippen LogP contribution in [-0.2, 0) is 19.7 Å². The van der Waals surface area contributed by atoms with Gasteiger partial charge in [0.25, 0.3) is 0 Å². The van der Waals surface area contributed by atoms with Crippen molar-refractivity contribution in [2.45, 2.75) is 30.6 Å². The summed E-state index contributed by atoms with van der Waals surface area (Å²) in [5, 5.41) is 3.95. The molecule has 0 amide bonds. The van der Waals surface area contributed by atoms with Crippen molar-refractivity contribution in [2.75, 3.05) is 20.3 Å². The quantitative estimate of drug-likeness (QED) is 0.724. The third-order valence-corrected chi connectivity index (χ3v) is 3.47. The number of rotatable bonds is 3. The van der Waals surface area contributed by atoms with E-state index in [1.54, 1.807) is 0 Å². The summed E-state index contributed by atoms with van der Waals surface area (Å²) < 4.78 is 15.3. The lowest BCUT2D eigenvalue weighted by Crippen LogP contribution is -2.22. The Morgan fingerprint density at radius 3 is 2.94 bits per heavy atom. The second-order valence-corrected chi connectivity index (χ2v) is 4.59. The monoisotopic (exact) mass is 238 g/mol. The van der Waals surface area contributed by atoms with Crippen molar-refractivity contribution in [3.63, 3.8) is 0 Å². The predicted molar refractivity (Wildman–Crippen MR) is 55.4 cm³/mol. The van der Waals surface area contributed by atoms with E-state index in [4.69, 9.17) is 14.0 Å². The van der Waals surface area contributed by atoms with Crippen LogP contribution in [0.5, 0.6) is 0 Å². The molecule has 0 N–H and O–H groups in total. The van der Waals surface area contributed by atoms with Gasteiger partial charge in [-0.05, 0) is 19.3 Å². The van der Waals surface area contributed by atoms with Gasteiger partial charge >= 0.3 is 5.97 Å². The minimum atomic E-state index is -0.667. The maximum absolute atomic E-state index is 11.7. The third-order valence-electron chi connectivity index (χ3n) is 3.47. The molecule has 1 unspecified atom stereocenters. The van der Waals surface area contributed by atoms with Crippen LogP contribution in [-0.4, -0.2) is 36.4 Å². The molecule has 6 heteroatoms. The number of hydrogen-bond acceptors (Lipinski definition) is 6. The predicted octanol–water partition coefficient (Wildman–Crippen LogP) is 0.778. The smallest absolute Gasteiger partial charge is 0.321 e. The Hall–Kier alpha value is -1.43. The molecule has 0 aromatic carbocycles. The van der Waals surface area contributed by atoms with Gasteiger partial charge in [0.2, 0.25) is 5.89 Å². The van der Waals surface area contributed by atoms with Crippen molar-refractivity contribution >= 4 is 5.97 Å². The Balaban J connectivity index is 1.83. The van der Waals surface area contributed by atoms with E-state index >= 15 is 0 Å². The van der Waals surface area contributed by atoms with Crippen LogP contribution in [0.1, 0.15) is 36.9 Å². The molecule has 3 rings (SSSR count). The van der Waals surface area contributed by atoms with Crippen LogP contribution in [0.3, 0.4) is 0 Å². The topological polar surface area (TPSA) is 74.5 Å². The van der Waals surface area contributed by atoms with Gasteiger partial charge in [-0.25, -0.2) is 0 Å². The van der Waals surface area contributed by atoms with E-state index in [0.717, 1.165) is 25.9 Å². The van der Waals surface area contributed by atoms with E-state index in [2.05, 4.69) is 10.1 Å². The first kappa shape index (κ1) is 10.7. The molecule has 1 aromatic heterocycles. The van der Waals surface area contributed by atoms with Crippen LogP contribution in [0.25, 0.3) is 0 Å². The number of esters is 1. The molecule has 6 nitrogen and oxygen atoms in total. The fourth-order valence-corrected chi connectivity index (χ4v) is 2.16. The molecule has 1 aliphatic carbocycles. The van der Waals surface area contributed by atoms with Gasteiger partial charge in [0, 0.05) is 12.5 Å². The summed E-state index contributed by atoms with van der Waals surface area (Å²) >= 11 is 0. The van der Waals surface area contributed by atoms with E-state index in [1.165, 1.54) is 7.11 Å². The number of carbonyl (C=O) groups is 1. The molecule has 0 radical (unpaired) electrons. The van der Waals surface area contributed by atoms with E-state index in [1.807, 2.05) is 0 Å². The first-order chi connectivity index (χ1) is 8.26. The molecule has 92 valence electrons. The molecule has 1 aromatic rings. The molecule has 0 spiro atoms. The van der Waals surface area contributed by atoms with Crippen LogP contribution < -0.4 is 0 Å². The lowest BCUT2D eigenvalue weighted by molar-refractivity contribution is -0.144. The average molecular weight is 238 g/mol. The molecule has 2 aliphatic rings. The Morgan fingerprint density at radius 1 is 1.53 bits per heavy atom. The normalized spacial score (nSPS) is 25.8. The summed E-state index contributed by atoms with van der Waals surface area (Å²) in [6.45, 7) is 1.36. The summed E-state index contributed by atoms with van der Waals surface area (Å²) in [5.41, 5.74) is -0.667. The summed E-state index contributed by atoms with van der Waals surface area (Å²) in [7, 11) is 1.38. The fraction of sp³-hybridized carbons (Fsp3) is 0.727. The average Bonchev–Trinajstić information content (AvgIpc) is 2.84. The number of nitrogens with zero attached hydrogens (tertiary/aromatic N) is 2. The Bertz CT molecular complexity index is 432. The third kappa shape index (κ3) is 1.63. The van der Waals surface area contributed by atoms with E-state index in [-0.39, 0.29) is 11.9 Å². The maximum Gasteiger partial charge on any atom is 0.321 e. The lowest BCUT2D eigenvalue weighted by atomic mass is 10.1. The van der Waals surface area contributed by atoms with Crippen molar-refractivity contribution in [3.05, 3.63) is 11.7 Å². The van der Waals surface area contributed by atoms with E-state index in [9.17, 15) is 4.79 Å². The summed E-state index contributed by atoms with van der Waals surface area (Å²) in [6, 6.07) is 0. The van der Waals surface area contributed by atoms with Gasteiger partial charge < -0.3 is 14.0 Å². The molecule has 1 saturated carbocycles. The highest BCUT2D eigenvalue weighted by Crippen LogP contribution is 2.48. The minimum Gasteiger partial charge on any atom is -0.468 e. The molecule has 0 bridgehead atoms.